The van der Waals surface area contributed by atoms with Crippen LogP contribution in [0, 0.1) is 5.92 Å². The van der Waals surface area contributed by atoms with Gasteiger partial charge in [0.15, 0.2) is 0 Å². The molecule has 1 aliphatic rings. The summed E-state index contributed by atoms with van der Waals surface area (Å²) in [6, 6.07) is 0. The molecule has 0 bridgehead atoms. The number of allylic oxidation sites excluding steroid dienone is 1. The van der Waals surface area contributed by atoms with E-state index in [1.54, 1.807) is 12.4 Å². The van der Waals surface area contributed by atoms with E-state index >= 15 is 0 Å². The lowest BCUT2D eigenvalue weighted by molar-refractivity contribution is -0.154. The van der Waals surface area contributed by atoms with Crippen molar-refractivity contribution in [1.29, 1.82) is 0 Å². The number of carbonyl (C=O) groups excluding carboxylic acids is 2. The van der Waals surface area contributed by atoms with E-state index in [9.17, 15) is 9.59 Å². The van der Waals surface area contributed by atoms with Crippen molar-refractivity contribution < 1.29 is 19.1 Å². The molecule has 0 saturated heterocycles. The number of dihydropyridines is 1. The van der Waals surface area contributed by atoms with E-state index < -0.39 is 0 Å². The maximum absolute atomic E-state index is 12.2. The summed E-state index contributed by atoms with van der Waals surface area (Å²) in [6.07, 6.45) is 13.2. The predicted molar refractivity (Wildman–Crippen MR) is 94.1 cm³/mol. The molecule has 1 N–H and O–H groups in total. The summed E-state index contributed by atoms with van der Waals surface area (Å²) in [6.45, 7) is 4.47. The van der Waals surface area contributed by atoms with E-state index in [0.717, 1.165) is 25.7 Å². The zero-order valence-corrected chi connectivity index (χ0v) is 15.0. The molecule has 0 saturated carbocycles. The van der Waals surface area contributed by atoms with Crippen molar-refractivity contribution in [2.24, 2.45) is 5.92 Å². The van der Waals surface area contributed by atoms with Crippen molar-refractivity contribution in [2.75, 3.05) is 13.2 Å². The van der Waals surface area contributed by atoms with Gasteiger partial charge in [-0.3, -0.25) is 4.79 Å². The van der Waals surface area contributed by atoms with Gasteiger partial charge in [0, 0.05) is 12.6 Å². The monoisotopic (exact) mass is 337 g/mol. The van der Waals surface area contributed by atoms with Crippen molar-refractivity contribution in [3.8, 4) is 0 Å². The van der Waals surface area contributed by atoms with Crippen LogP contribution in [0.5, 0.6) is 0 Å². The number of hydrogen-bond acceptors (Lipinski definition) is 5. The maximum Gasteiger partial charge on any atom is 0.335 e. The summed E-state index contributed by atoms with van der Waals surface area (Å²) in [4.78, 5) is 23.9. The highest BCUT2D eigenvalue weighted by Crippen LogP contribution is 2.18. The molecule has 0 spiro atoms. The first kappa shape index (κ1) is 20.3. The Labute approximate surface area is 145 Å². The minimum atomic E-state index is -0.368. The zero-order valence-electron chi connectivity index (χ0n) is 15.0. The van der Waals surface area contributed by atoms with E-state index in [1.807, 2.05) is 6.08 Å². The first-order valence-electron chi connectivity index (χ1n) is 9.12. The maximum atomic E-state index is 12.2. The third kappa shape index (κ3) is 8.18. The lowest BCUT2D eigenvalue weighted by Gasteiger charge is -2.15. The summed E-state index contributed by atoms with van der Waals surface area (Å²) in [7, 11) is 0. The van der Waals surface area contributed by atoms with E-state index in [-0.39, 0.29) is 31.1 Å². The van der Waals surface area contributed by atoms with Crippen molar-refractivity contribution in [2.45, 2.75) is 65.2 Å². The fourth-order valence-corrected chi connectivity index (χ4v) is 2.64. The molecular formula is C19H31NO4. The predicted octanol–water partition coefficient (Wildman–Crippen LogP) is 3.85. The van der Waals surface area contributed by atoms with Crippen LogP contribution in [-0.4, -0.2) is 25.2 Å². The molecule has 0 aromatic carbocycles. The van der Waals surface area contributed by atoms with E-state index in [1.165, 1.54) is 19.3 Å². The topological polar surface area (TPSA) is 64.6 Å². The summed E-state index contributed by atoms with van der Waals surface area (Å²) in [5.41, 5.74) is 0.573. The van der Waals surface area contributed by atoms with Gasteiger partial charge in [-0.2, -0.15) is 0 Å². The highest BCUT2D eigenvalue weighted by atomic mass is 16.6. The van der Waals surface area contributed by atoms with Crippen molar-refractivity contribution in [1.82, 2.24) is 5.32 Å². The molecule has 5 heteroatoms. The van der Waals surface area contributed by atoms with Crippen molar-refractivity contribution >= 4 is 11.9 Å². The Morgan fingerprint density at radius 1 is 1.08 bits per heavy atom. The summed E-state index contributed by atoms with van der Waals surface area (Å²) in [5.74, 6) is -0.559. The molecular weight excluding hydrogens is 306 g/mol. The number of ether oxygens (including phenoxy) is 2. The molecule has 24 heavy (non-hydrogen) atoms. The van der Waals surface area contributed by atoms with Crippen LogP contribution in [0.2, 0.25) is 0 Å². The smallest absolute Gasteiger partial charge is 0.335 e. The number of unbranched alkanes of at least 4 members (excludes halogenated alkanes) is 3. The lowest BCUT2D eigenvalue weighted by Crippen LogP contribution is -2.21. The Morgan fingerprint density at radius 2 is 1.88 bits per heavy atom. The van der Waals surface area contributed by atoms with Crippen LogP contribution in [0.25, 0.3) is 0 Å². The number of rotatable bonds is 12. The molecule has 0 aliphatic carbocycles. The Kier molecular flexibility index (Phi) is 10.7. The van der Waals surface area contributed by atoms with Crippen molar-refractivity contribution in [3.63, 3.8) is 0 Å². The van der Waals surface area contributed by atoms with Crippen LogP contribution in [0.4, 0.5) is 0 Å². The van der Waals surface area contributed by atoms with Gasteiger partial charge in [-0.05, 0) is 19.0 Å². The van der Waals surface area contributed by atoms with Crippen LogP contribution >= 0.6 is 0 Å². The van der Waals surface area contributed by atoms with Gasteiger partial charge in [-0.25, -0.2) is 4.79 Å². The van der Waals surface area contributed by atoms with E-state index in [2.05, 4.69) is 19.2 Å². The Morgan fingerprint density at radius 3 is 2.54 bits per heavy atom. The number of carbonyl (C=O) groups is 2. The van der Waals surface area contributed by atoms with Gasteiger partial charge in [-0.1, -0.05) is 52.0 Å². The fraction of sp³-hybridized carbons (Fsp3) is 0.684. The second-order valence-electron chi connectivity index (χ2n) is 6.08. The molecule has 5 nitrogen and oxygen atoms in total. The van der Waals surface area contributed by atoms with Crippen LogP contribution < -0.4 is 5.32 Å². The molecule has 1 heterocycles. The van der Waals surface area contributed by atoms with Crippen LogP contribution in [0.3, 0.4) is 0 Å². The standard InChI is InChI=1S/C19H31NO4/c1-3-5-6-7-10-16(9-4-2)18(21)23-13-14-24-19(22)17-11-8-12-20-15-17/h8,12,15-16,20H,3-7,9-11,13-14H2,1-2H3/t16-/m1/s1. The summed E-state index contributed by atoms with van der Waals surface area (Å²) < 4.78 is 10.4. The third-order valence-corrected chi connectivity index (χ3v) is 4.01. The van der Waals surface area contributed by atoms with Gasteiger partial charge in [0.05, 0.1) is 11.5 Å². The normalized spacial score (nSPS) is 14.5. The fourth-order valence-electron chi connectivity index (χ4n) is 2.64. The molecule has 0 unspecified atom stereocenters. The Balaban J connectivity index is 2.21. The third-order valence-electron chi connectivity index (χ3n) is 4.01. The SMILES string of the molecule is CCCCCC[C@@H](CCC)C(=O)OCCOC(=O)C1=CNC=CC1. The van der Waals surface area contributed by atoms with Gasteiger partial charge >= 0.3 is 11.9 Å². The lowest BCUT2D eigenvalue weighted by atomic mass is 9.96. The summed E-state index contributed by atoms with van der Waals surface area (Å²) >= 11 is 0. The molecule has 0 aromatic heterocycles. The molecule has 1 aliphatic heterocycles. The number of esters is 2. The molecule has 136 valence electrons. The van der Waals surface area contributed by atoms with Gasteiger partial charge in [0.1, 0.15) is 13.2 Å². The molecule has 1 atom stereocenters. The minimum absolute atomic E-state index is 0.0297. The first-order valence-corrected chi connectivity index (χ1v) is 9.12. The number of hydrogen-bond donors (Lipinski definition) is 1. The quantitative estimate of drug-likeness (QED) is 0.433. The number of nitrogens with one attached hydrogen (secondary N) is 1. The van der Waals surface area contributed by atoms with Gasteiger partial charge in [-0.15, -0.1) is 0 Å². The van der Waals surface area contributed by atoms with Gasteiger partial charge in [0.2, 0.25) is 0 Å². The molecule has 0 fully saturated rings. The van der Waals surface area contributed by atoms with E-state index in [4.69, 9.17) is 9.47 Å². The van der Waals surface area contributed by atoms with Crippen LogP contribution in [-0.2, 0) is 19.1 Å². The van der Waals surface area contributed by atoms with Crippen LogP contribution in [0.15, 0.2) is 24.0 Å². The molecule has 1 rings (SSSR count). The Bertz CT molecular complexity index is 443. The zero-order chi connectivity index (χ0) is 17.6. The minimum Gasteiger partial charge on any atom is -0.462 e. The van der Waals surface area contributed by atoms with E-state index in [0.29, 0.717) is 12.0 Å². The van der Waals surface area contributed by atoms with Crippen LogP contribution in [0.1, 0.15) is 65.2 Å². The average molecular weight is 337 g/mol. The highest BCUT2D eigenvalue weighted by molar-refractivity contribution is 5.88. The largest absolute Gasteiger partial charge is 0.462 e. The van der Waals surface area contributed by atoms with Crippen molar-refractivity contribution in [3.05, 3.63) is 24.0 Å². The average Bonchev–Trinajstić information content (AvgIpc) is 2.61. The first-order chi connectivity index (χ1) is 11.7. The second-order valence-corrected chi connectivity index (χ2v) is 6.08. The van der Waals surface area contributed by atoms with Gasteiger partial charge < -0.3 is 14.8 Å². The Hall–Kier alpha value is -1.78. The molecule has 0 amide bonds. The molecule has 0 aromatic rings. The molecule has 0 radical (unpaired) electrons. The highest BCUT2D eigenvalue weighted by Gasteiger charge is 2.19. The van der Waals surface area contributed by atoms with Gasteiger partial charge in [0.25, 0.3) is 0 Å². The summed E-state index contributed by atoms with van der Waals surface area (Å²) in [5, 5.41) is 2.85. The second kappa shape index (κ2) is 12.6.